The van der Waals surface area contributed by atoms with Gasteiger partial charge in [-0.05, 0) is 36.2 Å². The second-order valence-corrected chi connectivity index (χ2v) is 4.94. The molecular weight excluding hydrogens is 296 g/mol. The molecule has 100 valence electrons. The maximum Gasteiger partial charge on any atom is 0.142 e. The van der Waals surface area contributed by atoms with Crippen molar-refractivity contribution in [3.05, 3.63) is 69.5 Å². The molecule has 0 fully saturated rings. The molecule has 0 heterocycles. The molecule has 0 saturated heterocycles. The van der Waals surface area contributed by atoms with Crippen molar-refractivity contribution in [3.63, 3.8) is 0 Å². The molecule has 0 spiro atoms. The summed E-state index contributed by atoms with van der Waals surface area (Å²) in [6.07, 6.45) is 0. The van der Waals surface area contributed by atoms with E-state index in [1.165, 1.54) is 25.1 Å². The normalized spacial score (nSPS) is 12.5. The van der Waals surface area contributed by atoms with Gasteiger partial charge in [0.15, 0.2) is 0 Å². The van der Waals surface area contributed by atoms with Gasteiger partial charge in [-0.15, -0.1) is 11.6 Å². The van der Waals surface area contributed by atoms with Crippen LogP contribution in [0.25, 0.3) is 0 Å². The van der Waals surface area contributed by atoms with Crippen molar-refractivity contribution in [2.75, 3.05) is 0 Å². The third kappa shape index (κ3) is 2.72. The van der Waals surface area contributed by atoms with Crippen molar-refractivity contribution in [2.24, 2.45) is 0 Å². The van der Waals surface area contributed by atoms with Crippen LogP contribution in [0.2, 0.25) is 5.02 Å². The first-order valence-electron chi connectivity index (χ1n) is 5.45. The van der Waals surface area contributed by atoms with E-state index in [9.17, 15) is 13.2 Å². The summed E-state index contributed by atoms with van der Waals surface area (Å²) in [6, 6.07) is 6.10. The third-order valence-electron chi connectivity index (χ3n) is 2.81. The van der Waals surface area contributed by atoms with Gasteiger partial charge in [-0.2, -0.15) is 0 Å². The van der Waals surface area contributed by atoms with E-state index in [0.29, 0.717) is 0 Å². The number of rotatable bonds is 2. The van der Waals surface area contributed by atoms with Gasteiger partial charge in [-0.25, -0.2) is 13.2 Å². The Balaban J connectivity index is 2.53. The van der Waals surface area contributed by atoms with Crippen molar-refractivity contribution in [1.29, 1.82) is 0 Å². The molecule has 5 heteroatoms. The van der Waals surface area contributed by atoms with Gasteiger partial charge < -0.3 is 0 Å². The second kappa shape index (κ2) is 5.43. The number of hydrogen-bond donors (Lipinski definition) is 0. The Bertz CT molecular complexity index is 626. The number of halogens is 5. The Labute approximate surface area is 118 Å². The van der Waals surface area contributed by atoms with E-state index in [1.807, 2.05) is 0 Å². The fourth-order valence-electron chi connectivity index (χ4n) is 1.74. The number of hydrogen-bond acceptors (Lipinski definition) is 0. The average Bonchev–Trinajstić information content (AvgIpc) is 2.36. The quantitative estimate of drug-likeness (QED) is 0.652. The fourth-order valence-corrected chi connectivity index (χ4v) is 2.38. The Kier molecular flexibility index (Phi) is 4.07. The molecule has 0 saturated carbocycles. The zero-order chi connectivity index (χ0) is 14.2. The molecular formula is C14H9Cl2F3. The summed E-state index contributed by atoms with van der Waals surface area (Å²) in [5.41, 5.74) is 0.304. The van der Waals surface area contributed by atoms with Crippen LogP contribution in [0, 0.1) is 24.4 Å². The van der Waals surface area contributed by atoms with Crippen molar-refractivity contribution >= 4 is 23.2 Å². The van der Waals surface area contributed by atoms with Gasteiger partial charge in [0.2, 0.25) is 0 Å². The monoisotopic (exact) mass is 304 g/mol. The molecule has 2 rings (SSSR count). The zero-order valence-electron chi connectivity index (χ0n) is 9.85. The van der Waals surface area contributed by atoms with Crippen LogP contribution in [0.4, 0.5) is 13.2 Å². The first kappa shape index (κ1) is 14.2. The Morgan fingerprint density at radius 3 is 2.32 bits per heavy atom. The average molecular weight is 305 g/mol. The number of aryl methyl sites for hydroxylation is 1. The van der Waals surface area contributed by atoms with Crippen molar-refractivity contribution in [3.8, 4) is 0 Å². The molecule has 1 unspecified atom stereocenters. The molecule has 0 bridgehead atoms. The van der Waals surface area contributed by atoms with E-state index in [1.54, 1.807) is 0 Å². The highest BCUT2D eigenvalue weighted by Crippen LogP contribution is 2.36. The van der Waals surface area contributed by atoms with E-state index < -0.39 is 22.8 Å². The number of alkyl halides is 1. The lowest BCUT2D eigenvalue weighted by Gasteiger charge is -2.14. The lowest BCUT2D eigenvalue weighted by atomic mass is 10.0. The minimum atomic E-state index is -1.06. The highest BCUT2D eigenvalue weighted by atomic mass is 35.5. The minimum absolute atomic E-state index is 0.0720. The van der Waals surface area contributed by atoms with Gasteiger partial charge in [0.1, 0.15) is 17.5 Å². The predicted molar refractivity (Wildman–Crippen MR) is 70.2 cm³/mol. The minimum Gasteiger partial charge on any atom is -0.207 e. The first-order valence-corrected chi connectivity index (χ1v) is 6.26. The molecule has 0 N–H and O–H groups in total. The van der Waals surface area contributed by atoms with Gasteiger partial charge >= 0.3 is 0 Å². The van der Waals surface area contributed by atoms with Crippen molar-refractivity contribution in [2.45, 2.75) is 12.3 Å². The fraction of sp³-hybridized carbons (Fsp3) is 0.143. The number of benzene rings is 2. The van der Waals surface area contributed by atoms with Crippen LogP contribution >= 0.6 is 23.2 Å². The van der Waals surface area contributed by atoms with Gasteiger partial charge in [0, 0.05) is 5.56 Å². The van der Waals surface area contributed by atoms with Crippen LogP contribution in [-0.4, -0.2) is 0 Å². The van der Waals surface area contributed by atoms with E-state index in [-0.39, 0.29) is 21.7 Å². The van der Waals surface area contributed by atoms with Gasteiger partial charge in [-0.1, -0.05) is 23.7 Å². The van der Waals surface area contributed by atoms with Gasteiger partial charge in [0.05, 0.1) is 10.4 Å². The second-order valence-electron chi connectivity index (χ2n) is 4.13. The maximum absolute atomic E-state index is 13.8. The summed E-state index contributed by atoms with van der Waals surface area (Å²) >= 11 is 11.9. The highest BCUT2D eigenvalue weighted by molar-refractivity contribution is 6.33. The SMILES string of the molecule is Cc1cc(F)c(C(Cl)c2cccc(F)c2Cl)cc1F. The summed E-state index contributed by atoms with van der Waals surface area (Å²) in [7, 11) is 0. The van der Waals surface area contributed by atoms with E-state index in [4.69, 9.17) is 23.2 Å². The standard InChI is InChI=1S/C14H9Cl2F3/c1-7-5-12(19)9(6-11(7)18)13(15)8-3-2-4-10(17)14(8)16/h2-6,13H,1H3. The zero-order valence-corrected chi connectivity index (χ0v) is 11.4. The molecule has 0 aliphatic heterocycles. The molecule has 0 aliphatic carbocycles. The first-order chi connectivity index (χ1) is 8.91. The van der Waals surface area contributed by atoms with Crippen LogP contribution in [0.5, 0.6) is 0 Å². The molecule has 19 heavy (non-hydrogen) atoms. The smallest absolute Gasteiger partial charge is 0.142 e. The van der Waals surface area contributed by atoms with E-state index >= 15 is 0 Å². The van der Waals surface area contributed by atoms with Crippen LogP contribution in [0.3, 0.4) is 0 Å². The molecule has 0 radical (unpaired) electrons. The highest BCUT2D eigenvalue weighted by Gasteiger charge is 2.21. The lowest BCUT2D eigenvalue weighted by Crippen LogP contribution is -2.01. The van der Waals surface area contributed by atoms with Gasteiger partial charge in [0.25, 0.3) is 0 Å². The van der Waals surface area contributed by atoms with E-state index in [2.05, 4.69) is 0 Å². The molecule has 0 amide bonds. The molecule has 0 nitrogen and oxygen atoms in total. The lowest BCUT2D eigenvalue weighted by molar-refractivity contribution is 0.580. The third-order valence-corrected chi connectivity index (χ3v) is 3.67. The Hall–Kier alpha value is -1.19. The molecule has 0 aromatic heterocycles. The summed E-state index contributed by atoms with van der Waals surface area (Å²) in [6.45, 7) is 1.45. The molecule has 1 atom stereocenters. The topological polar surface area (TPSA) is 0 Å². The summed E-state index contributed by atoms with van der Waals surface area (Å²) in [5.74, 6) is -1.88. The van der Waals surface area contributed by atoms with E-state index in [0.717, 1.165) is 12.1 Å². The van der Waals surface area contributed by atoms with Crippen LogP contribution < -0.4 is 0 Å². The van der Waals surface area contributed by atoms with Gasteiger partial charge in [-0.3, -0.25) is 0 Å². The molecule has 2 aromatic rings. The maximum atomic E-state index is 13.8. The van der Waals surface area contributed by atoms with Crippen molar-refractivity contribution in [1.82, 2.24) is 0 Å². The van der Waals surface area contributed by atoms with Crippen LogP contribution in [0.1, 0.15) is 22.1 Å². The summed E-state index contributed by atoms with van der Waals surface area (Å²) in [5, 5.41) is -1.25. The molecule has 2 aromatic carbocycles. The summed E-state index contributed by atoms with van der Waals surface area (Å²) < 4.78 is 40.6. The predicted octanol–water partition coefficient (Wildman–Crippen LogP) is 5.39. The summed E-state index contributed by atoms with van der Waals surface area (Å²) in [4.78, 5) is 0. The molecule has 0 aliphatic rings. The van der Waals surface area contributed by atoms with Crippen molar-refractivity contribution < 1.29 is 13.2 Å². The Morgan fingerprint density at radius 1 is 0.947 bits per heavy atom. The Morgan fingerprint density at radius 2 is 1.63 bits per heavy atom. The largest absolute Gasteiger partial charge is 0.207 e. The van der Waals surface area contributed by atoms with Crippen LogP contribution in [0.15, 0.2) is 30.3 Å². The van der Waals surface area contributed by atoms with Crippen LogP contribution in [-0.2, 0) is 0 Å².